The average Bonchev–Trinajstić information content (AvgIpc) is 2.59. The van der Waals surface area contributed by atoms with Gasteiger partial charge >= 0.3 is 12.3 Å². The summed E-state index contributed by atoms with van der Waals surface area (Å²) in [7, 11) is 1.62. The van der Waals surface area contributed by atoms with Crippen LogP contribution < -0.4 is 5.11 Å². The van der Waals surface area contributed by atoms with Crippen LogP contribution in [0.1, 0.15) is 55.1 Å². The van der Waals surface area contributed by atoms with Crippen LogP contribution in [-0.4, -0.2) is 53.6 Å². The Morgan fingerprint density at radius 2 is 1.93 bits per heavy atom. The van der Waals surface area contributed by atoms with Gasteiger partial charge in [0.25, 0.3) is 0 Å². The molecule has 0 bridgehead atoms. The summed E-state index contributed by atoms with van der Waals surface area (Å²) < 4.78 is 45.6. The molecule has 1 fully saturated rings. The number of rotatable bonds is 4. The van der Waals surface area contributed by atoms with Crippen LogP contribution in [0.5, 0.6) is 0 Å². The van der Waals surface area contributed by atoms with Crippen molar-refractivity contribution in [2.24, 2.45) is 0 Å². The minimum Gasteiger partial charge on any atom is -0.545 e. The van der Waals surface area contributed by atoms with Gasteiger partial charge < -0.3 is 19.5 Å². The zero-order valence-corrected chi connectivity index (χ0v) is 17.0. The minimum absolute atomic E-state index is 0.000823. The van der Waals surface area contributed by atoms with Gasteiger partial charge in [0, 0.05) is 26.2 Å². The fourth-order valence-electron chi connectivity index (χ4n) is 3.32. The van der Waals surface area contributed by atoms with Crippen molar-refractivity contribution in [1.82, 2.24) is 9.80 Å². The molecule has 162 valence electrons. The molecule has 1 aromatic carbocycles. The van der Waals surface area contributed by atoms with Crippen LogP contribution in [0.4, 0.5) is 18.0 Å². The molecule has 0 saturated carbocycles. The summed E-state index contributed by atoms with van der Waals surface area (Å²) >= 11 is 0. The second-order valence-electron chi connectivity index (χ2n) is 8.28. The van der Waals surface area contributed by atoms with E-state index in [4.69, 9.17) is 4.74 Å². The third kappa shape index (κ3) is 6.35. The maximum Gasteiger partial charge on any atom is 0.416 e. The van der Waals surface area contributed by atoms with Crippen molar-refractivity contribution < 1.29 is 32.6 Å². The summed E-state index contributed by atoms with van der Waals surface area (Å²) in [4.78, 5) is 26.5. The largest absolute Gasteiger partial charge is 0.545 e. The van der Waals surface area contributed by atoms with Crippen LogP contribution in [-0.2, 0) is 17.5 Å². The van der Waals surface area contributed by atoms with Gasteiger partial charge in [0.1, 0.15) is 5.60 Å². The van der Waals surface area contributed by atoms with E-state index in [9.17, 15) is 27.9 Å². The lowest BCUT2D eigenvalue weighted by Gasteiger charge is -2.38. The number of likely N-dealkylation sites (tertiary alicyclic amines) is 1. The number of aromatic carboxylic acids is 1. The highest BCUT2D eigenvalue weighted by Crippen LogP contribution is 2.34. The highest BCUT2D eigenvalue weighted by Gasteiger charge is 2.35. The summed E-state index contributed by atoms with van der Waals surface area (Å²) in [5.41, 5.74) is -2.14. The van der Waals surface area contributed by atoms with E-state index in [-0.39, 0.29) is 18.2 Å². The van der Waals surface area contributed by atoms with Gasteiger partial charge in [-0.25, -0.2) is 4.79 Å². The lowest BCUT2D eigenvalue weighted by atomic mass is 10.00. The van der Waals surface area contributed by atoms with Gasteiger partial charge in [-0.15, -0.1) is 0 Å². The van der Waals surface area contributed by atoms with E-state index >= 15 is 0 Å². The molecule has 1 saturated heterocycles. The van der Waals surface area contributed by atoms with Crippen LogP contribution in [0.15, 0.2) is 18.2 Å². The standard InChI is InChI=1S/C20H27F3N2O4/c1-19(2,3)29-18(28)24(4)15-6-5-9-25(12-15)11-14-8-7-13(17(26)27)10-16(14)20(21,22)23/h7-8,10,15H,5-6,9,11-12H2,1-4H3,(H,26,27)/p-1/t15-/m0/s1. The number of alkyl halides is 3. The van der Waals surface area contributed by atoms with Gasteiger partial charge in [-0.3, -0.25) is 4.90 Å². The molecule has 1 aliphatic rings. The number of hydrogen-bond donors (Lipinski definition) is 0. The highest BCUT2D eigenvalue weighted by molar-refractivity contribution is 5.86. The Hall–Kier alpha value is -2.29. The van der Waals surface area contributed by atoms with Crippen LogP contribution in [0.25, 0.3) is 0 Å². The predicted molar refractivity (Wildman–Crippen MR) is 98.1 cm³/mol. The maximum atomic E-state index is 13.4. The number of carboxylic acids is 1. The van der Waals surface area contributed by atoms with Gasteiger partial charge in [-0.1, -0.05) is 12.1 Å². The van der Waals surface area contributed by atoms with Crippen LogP contribution in [0.2, 0.25) is 0 Å². The summed E-state index contributed by atoms with van der Waals surface area (Å²) in [6.07, 6.45) is -3.71. The van der Waals surface area contributed by atoms with E-state index in [1.165, 1.54) is 11.0 Å². The number of benzene rings is 1. The Bertz CT molecular complexity index is 759. The van der Waals surface area contributed by atoms with Crippen molar-refractivity contribution in [2.45, 2.75) is 58.0 Å². The number of amides is 1. The van der Waals surface area contributed by atoms with Gasteiger partial charge in [0.15, 0.2) is 0 Å². The van der Waals surface area contributed by atoms with Crippen molar-refractivity contribution >= 4 is 12.1 Å². The number of likely N-dealkylation sites (N-methyl/N-ethyl adjacent to an activating group) is 1. The fourth-order valence-corrected chi connectivity index (χ4v) is 3.32. The molecule has 0 unspecified atom stereocenters. The summed E-state index contributed by atoms with van der Waals surface area (Å²) in [5.74, 6) is -1.65. The topological polar surface area (TPSA) is 72.9 Å². The Morgan fingerprint density at radius 3 is 2.48 bits per heavy atom. The van der Waals surface area contributed by atoms with E-state index in [0.717, 1.165) is 18.9 Å². The van der Waals surface area contributed by atoms with Crippen molar-refractivity contribution in [3.05, 3.63) is 34.9 Å². The maximum absolute atomic E-state index is 13.4. The number of carboxylic acid groups (broad SMARTS) is 1. The van der Waals surface area contributed by atoms with Gasteiger partial charge in [0.2, 0.25) is 0 Å². The zero-order chi connectivity index (χ0) is 22.0. The Morgan fingerprint density at radius 1 is 1.28 bits per heavy atom. The first-order valence-electron chi connectivity index (χ1n) is 9.37. The van der Waals surface area contributed by atoms with Crippen molar-refractivity contribution in [3.63, 3.8) is 0 Å². The van der Waals surface area contributed by atoms with Crippen molar-refractivity contribution in [2.75, 3.05) is 20.1 Å². The predicted octanol–water partition coefficient (Wildman–Crippen LogP) is 2.90. The zero-order valence-electron chi connectivity index (χ0n) is 17.0. The lowest BCUT2D eigenvalue weighted by Crippen LogP contribution is -2.49. The van der Waals surface area contributed by atoms with E-state index < -0.39 is 35.0 Å². The van der Waals surface area contributed by atoms with E-state index in [2.05, 4.69) is 0 Å². The van der Waals surface area contributed by atoms with Gasteiger partial charge in [-0.05, 0) is 57.4 Å². The van der Waals surface area contributed by atoms with Gasteiger partial charge in [-0.2, -0.15) is 13.2 Å². The van der Waals surface area contributed by atoms with Crippen LogP contribution >= 0.6 is 0 Å². The summed E-state index contributed by atoms with van der Waals surface area (Å²) in [6.45, 7) is 6.27. The first-order chi connectivity index (χ1) is 13.3. The Kier molecular flexibility index (Phi) is 6.82. The number of nitrogens with zero attached hydrogens (tertiary/aromatic N) is 2. The Labute approximate surface area is 168 Å². The van der Waals surface area contributed by atoms with E-state index in [0.29, 0.717) is 19.2 Å². The SMILES string of the molecule is CN(C(=O)OC(C)(C)C)[C@H]1CCCN(Cc2ccc(C(=O)[O-])cc2C(F)(F)F)C1. The van der Waals surface area contributed by atoms with Crippen molar-refractivity contribution in [3.8, 4) is 0 Å². The van der Waals surface area contributed by atoms with E-state index in [1.54, 1.807) is 27.8 Å². The van der Waals surface area contributed by atoms with Crippen LogP contribution in [0, 0.1) is 0 Å². The number of piperidine rings is 1. The number of halogens is 3. The third-order valence-electron chi connectivity index (χ3n) is 4.75. The monoisotopic (exact) mass is 415 g/mol. The molecule has 0 spiro atoms. The Balaban J connectivity index is 2.14. The first-order valence-corrected chi connectivity index (χ1v) is 9.37. The van der Waals surface area contributed by atoms with Crippen LogP contribution in [0.3, 0.4) is 0 Å². The molecule has 0 N–H and O–H groups in total. The molecule has 1 aromatic rings. The molecule has 1 atom stereocenters. The molecule has 29 heavy (non-hydrogen) atoms. The van der Waals surface area contributed by atoms with Gasteiger partial charge in [0.05, 0.1) is 11.5 Å². The smallest absolute Gasteiger partial charge is 0.416 e. The van der Waals surface area contributed by atoms with Crippen molar-refractivity contribution in [1.29, 1.82) is 0 Å². The normalized spacial score (nSPS) is 18.4. The number of carbonyl (C=O) groups excluding carboxylic acids is 2. The molecule has 1 aliphatic heterocycles. The molecule has 6 nitrogen and oxygen atoms in total. The first kappa shape index (κ1) is 23.0. The lowest BCUT2D eigenvalue weighted by molar-refractivity contribution is -0.255. The number of ether oxygens (including phenoxy) is 1. The highest BCUT2D eigenvalue weighted by atomic mass is 19.4. The molecular formula is C20H26F3N2O4-. The minimum atomic E-state index is -4.68. The molecular weight excluding hydrogens is 389 g/mol. The third-order valence-corrected chi connectivity index (χ3v) is 4.75. The fraction of sp³-hybridized carbons (Fsp3) is 0.600. The average molecular weight is 415 g/mol. The molecule has 1 heterocycles. The van der Waals surface area contributed by atoms with E-state index in [1.807, 2.05) is 4.90 Å². The molecule has 0 aliphatic carbocycles. The second kappa shape index (κ2) is 8.61. The second-order valence-corrected chi connectivity index (χ2v) is 8.28. The number of carbonyl (C=O) groups is 2. The molecule has 1 amide bonds. The summed E-state index contributed by atoms with van der Waals surface area (Å²) in [6, 6.07) is 2.72. The quantitative estimate of drug-likeness (QED) is 0.756. The molecule has 9 heteroatoms. The molecule has 2 rings (SSSR count). The number of hydrogen-bond acceptors (Lipinski definition) is 5. The summed E-state index contributed by atoms with van der Waals surface area (Å²) in [5, 5.41) is 10.9. The molecule has 0 aromatic heterocycles. The molecule has 0 radical (unpaired) electrons.